The zero-order chi connectivity index (χ0) is 39.6. The van der Waals surface area contributed by atoms with Crippen molar-refractivity contribution in [3.63, 3.8) is 0 Å². The average molecular weight is 767 g/mol. The number of para-hydroxylation sites is 1. The van der Waals surface area contributed by atoms with Gasteiger partial charge in [0.15, 0.2) is 0 Å². The molecular weight excluding hydrogens is 717 g/mol. The number of benzene rings is 3. The van der Waals surface area contributed by atoms with Crippen molar-refractivity contribution >= 4 is 28.8 Å². The Bertz CT molecular complexity index is 2300. The van der Waals surface area contributed by atoms with E-state index in [-0.39, 0.29) is 29.7 Å². The van der Waals surface area contributed by atoms with Crippen molar-refractivity contribution in [2.75, 3.05) is 41.3 Å². The molecule has 5 aromatic rings. The Hall–Kier alpha value is -5.85. The van der Waals surface area contributed by atoms with Crippen LogP contribution in [-0.4, -0.2) is 99.6 Å². The second-order valence-corrected chi connectivity index (χ2v) is 15.7. The molecule has 3 aliphatic rings. The molecular formula is C45H50N8O4. The molecule has 2 N–H and O–H groups in total. The molecule has 0 saturated carbocycles. The van der Waals surface area contributed by atoms with Gasteiger partial charge in [-0.1, -0.05) is 78.9 Å². The number of fused-ring (bicyclic) bond motifs is 1. The SMILES string of the molecule is CN(C)[C@@H](C(=O)N1CCC[C@H]1C(=O)NC1=CC=CC(c2cnc(-c3cccc4[nH]c([C@@H]5CCCN5C(=O)[C@@H](c5ccccc5)N(C)C)nc34)o2)C1)c1ccccc1. The molecule has 0 spiro atoms. The molecule has 2 fully saturated rings. The average Bonchev–Trinajstić information content (AvgIpc) is 4.05. The number of oxazole rings is 1. The topological polar surface area (TPSA) is 131 Å². The Balaban J connectivity index is 0.955. The Morgan fingerprint density at radius 1 is 0.825 bits per heavy atom. The van der Waals surface area contributed by atoms with E-state index in [9.17, 15) is 14.4 Å². The van der Waals surface area contributed by atoms with Gasteiger partial charge >= 0.3 is 0 Å². The number of amides is 3. The van der Waals surface area contributed by atoms with Gasteiger partial charge in [0.1, 0.15) is 35.2 Å². The minimum atomic E-state index is -0.544. The van der Waals surface area contributed by atoms with Crippen LogP contribution in [-0.2, 0) is 14.4 Å². The summed E-state index contributed by atoms with van der Waals surface area (Å²) in [5.41, 5.74) is 4.97. The van der Waals surface area contributed by atoms with Gasteiger partial charge in [0, 0.05) is 31.1 Å². The van der Waals surface area contributed by atoms with Crippen LogP contribution in [0.5, 0.6) is 0 Å². The molecule has 12 heteroatoms. The Morgan fingerprint density at radius 2 is 1.47 bits per heavy atom. The fourth-order valence-electron chi connectivity index (χ4n) is 8.70. The lowest BCUT2D eigenvalue weighted by atomic mass is 9.96. The van der Waals surface area contributed by atoms with Gasteiger partial charge in [0.25, 0.3) is 0 Å². The highest BCUT2D eigenvalue weighted by atomic mass is 16.4. The molecule has 57 heavy (non-hydrogen) atoms. The summed E-state index contributed by atoms with van der Waals surface area (Å²) < 4.78 is 6.43. The molecule has 3 amide bonds. The molecule has 2 aromatic heterocycles. The molecule has 0 radical (unpaired) electrons. The molecule has 0 bridgehead atoms. The second kappa shape index (κ2) is 16.3. The summed E-state index contributed by atoms with van der Waals surface area (Å²) in [4.78, 5) is 62.6. The first-order valence-electron chi connectivity index (χ1n) is 19.8. The van der Waals surface area contributed by atoms with Crippen LogP contribution in [0.3, 0.4) is 0 Å². The molecule has 4 heterocycles. The molecule has 2 aliphatic heterocycles. The predicted molar refractivity (Wildman–Crippen MR) is 218 cm³/mol. The highest BCUT2D eigenvalue weighted by Gasteiger charge is 2.40. The number of likely N-dealkylation sites (tertiary alicyclic amines) is 2. The summed E-state index contributed by atoms with van der Waals surface area (Å²) in [6.07, 6.45) is 11.2. The van der Waals surface area contributed by atoms with E-state index in [0.29, 0.717) is 37.6 Å². The van der Waals surface area contributed by atoms with Crippen LogP contribution in [0.1, 0.15) is 78.9 Å². The van der Waals surface area contributed by atoms with Gasteiger partial charge in [-0.15, -0.1) is 0 Å². The number of aromatic nitrogens is 3. The second-order valence-electron chi connectivity index (χ2n) is 15.7. The van der Waals surface area contributed by atoms with Crippen molar-refractivity contribution in [1.82, 2.24) is 39.9 Å². The normalized spacial score (nSPS) is 20.7. The third kappa shape index (κ3) is 7.67. The molecule has 3 aromatic carbocycles. The lowest BCUT2D eigenvalue weighted by molar-refractivity contribution is -0.142. The first kappa shape index (κ1) is 38.0. The number of rotatable bonds is 11. The fraction of sp³-hybridized carbons (Fsp3) is 0.356. The van der Waals surface area contributed by atoms with Crippen LogP contribution in [0.15, 0.2) is 113 Å². The van der Waals surface area contributed by atoms with Crippen molar-refractivity contribution in [1.29, 1.82) is 0 Å². The van der Waals surface area contributed by atoms with Gasteiger partial charge in [-0.25, -0.2) is 9.97 Å². The number of carbonyl (C=O) groups excluding carboxylic acids is 3. The molecule has 1 unspecified atom stereocenters. The van der Waals surface area contributed by atoms with Crippen LogP contribution >= 0.6 is 0 Å². The van der Waals surface area contributed by atoms with E-state index in [0.717, 1.165) is 58.5 Å². The Kier molecular flexibility index (Phi) is 10.9. The highest BCUT2D eigenvalue weighted by molar-refractivity contribution is 5.92. The number of nitrogens with zero attached hydrogens (tertiary/aromatic N) is 6. The molecule has 294 valence electrons. The van der Waals surface area contributed by atoms with E-state index in [1.165, 1.54) is 0 Å². The summed E-state index contributed by atoms with van der Waals surface area (Å²) in [6.45, 7) is 1.21. The summed E-state index contributed by atoms with van der Waals surface area (Å²) in [7, 11) is 7.67. The maximum Gasteiger partial charge on any atom is 0.246 e. The number of nitrogens with one attached hydrogen (secondary N) is 2. The van der Waals surface area contributed by atoms with E-state index in [2.05, 4.69) is 10.3 Å². The quantitative estimate of drug-likeness (QED) is 0.156. The van der Waals surface area contributed by atoms with Crippen LogP contribution in [0.4, 0.5) is 0 Å². The monoisotopic (exact) mass is 766 g/mol. The lowest BCUT2D eigenvalue weighted by Crippen LogP contribution is -2.49. The van der Waals surface area contributed by atoms with Crippen molar-refractivity contribution in [2.45, 2.75) is 62.2 Å². The van der Waals surface area contributed by atoms with Gasteiger partial charge in [-0.2, -0.15) is 0 Å². The Morgan fingerprint density at radius 3 is 2.16 bits per heavy atom. The number of hydrogen-bond acceptors (Lipinski definition) is 8. The van der Waals surface area contributed by atoms with E-state index in [4.69, 9.17) is 14.4 Å². The maximum atomic E-state index is 14.1. The van der Waals surface area contributed by atoms with Crippen molar-refractivity contribution in [2.24, 2.45) is 0 Å². The summed E-state index contributed by atoms with van der Waals surface area (Å²) in [5.74, 6) is 1.55. The molecule has 12 nitrogen and oxygen atoms in total. The van der Waals surface area contributed by atoms with Crippen LogP contribution in [0.2, 0.25) is 0 Å². The van der Waals surface area contributed by atoms with Gasteiger partial charge in [-0.3, -0.25) is 24.2 Å². The van der Waals surface area contributed by atoms with E-state index >= 15 is 0 Å². The zero-order valence-corrected chi connectivity index (χ0v) is 33.0. The fourth-order valence-corrected chi connectivity index (χ4v) is 8.70. The third-order valence-corrected chi connectivity index (χ3v) is 11.4. The number of imidazole rings is 1. The summed E-state index contributed by atoms with van der Waals surface area (Å²) in [5, 5.41) is 3.14. The lowest BCUT2D eigenvalue weighted by Gasteiger charge is -2.32. The van der Waals surface area contributed by atoms with Crippen LogP contribution in [0, 0.1) is 0 Å². The van der Waals surface area contributed by atoms with Gasteiger partial charge in [-0.05, 0) is 83.2 Å². The number of likely N-dealkylation sites (N-methyl/N-ethyl adjacent to an activating group) is 2. The maximum absolute atomic E-state index is 14.1. The molecule has 8 rings (SSSR count). The first-order valence-corrected chi connectivity index (χ1v) is 19.8. The minimum Gasteiger partial charge on any atom is -0.440 e. The zero-order valence-electron chi connectivity index (χ0n) is 33.0. The van der Waals surface area contributed by atoms with Crippen molar-refractivity contribution < 1.29 is 18.8 Å². The van der Waals surface area contributed by atoms with Gasteiger partial charge in [0.05, 0.1) is 23.3 Å². The van der Waals surface area contributed by atoms with Crippen molar-refractivity contribution in [3.05, 3.63) is 132 Å². The van der Waals surface area contributed by atoms with Crippen LogP contribution < -0.4 is 5.32 Å². The van der Waals surface area contributed by atoms with Crippen molar-refractivity contribution in [3.8, 4) is 11.5 Å². The predicted octanol–water partition coefficient (Wildman–Crippen LogP) is 6.52. The first-order chi connectivity index (χ1) is 27.7. The van der Waals surface area contributed by atoms with E-state index in [1.807, 2.05) is 140 Å². The number of allylic oxidation sites excluding steroid dienone is 4. The highest BCUT2D eigenvalue weighted by Crippen LogP contribution is 2.38. The third-order valence-electron chi connectivity index (χ3n) is 11.4. The molecule has 1 aliphatic carbocycles. The number of H-pyrrole nitrogens is 1. The van der Waals surface area contributed by atoms with E-state index < -0.39 is 18.1 Å². The standard InChI is InChI=1S/C45H50N8O4/c1-50(2)39(29-15-7-5-8-16-29)44(55)52-25-13-23-35(52)41-48-34-22-12-21-33(38(34)49-41)43-46-28-37(57-43)31-19-11-20-32(27-31)47-42(54)36-24-14-26-53(36)45(56)40(51(3)4)30-17-9-6-10-18-30/h5-12,15-22,28,31,35-36,39-40H,13-14,23-27H2,1-4H3,(H,47,54)(H,48,49)/t31?,35-,36-,39+,40+/m0/s1. The Labute approximate surface area is 333 Å². The summed E-state index contributed by atoms with van der Waals surface area (Å²) >= 11 is 0. The van der Waals surface area contributed by atoms with Crippen LogP contribution in [0.25, 0.3) is 22.5 Å². The van der Waals surface area contributed by atoms with Gasteiger partial charge < -0.3 is 24.5 Å². The number of carbonyl (C=O) groups is 3. The summed E-state index contributed by atoms with van der Waals surface area (Å²) in [6, 6.07) is 23.9. The van der Waals surface area contributed by atoms with E-state index in [1.54, 1.807) is 11.1 Å². The van der Waals surface area contributed by atoms with Gasteiger partial charge in [0.2, 0.25) is 23.6 Å². The molecule has 2 saturated heterocycles. The minimum absolute atomic E-state index is 0.0620. The number of hydrogen-bond donors (Lipinski definition) is 2. The largest absolute Gasteiger partial charge is 0.440 e. The molecule has 5 atom stereocenters. The smallest absolute Gasteiger partial charge is 0.246 e. The number of aromatic amines is 1.